The SMILES string of the molecule is CC/C(=C/c1ccco1)[N+](=O)[O-]. The van der Waals surface area contributed by atoms with Crippen LogP contribution in [0, 0.1) is 10.1 Å². The highest BCUT2D eigenvalue weighted by Gasteiger charge is 2.07. The van der Waals surface area contributed by atoms with Gasteiger partial charge in [0.05, 0.1) is 17.3 Å². The molecule has 0 amide bonds. The molecule has 1 rings (SSSR count). The topological polar surface area (TPSA) is 56.3 Å². The van der Waals surface area contributed by atoms with Crippen molar-refractivity contribution in [3.8, 4) is 0 Å². The summed E-state index contributed by atoms with van der Waals surface area (Å²) in [5, 5.41) is 10.4. The van der Waals surface area contributed by atoms with Crippen molar-refractivity contribution in [2.24, 2.45) is 0 Å². The zero-order chi connectivity index (χ0) is 8.97. The Morgan fingerprint density at radius 2 is 2.58 bits per heavy atom. The maximum absolute atomic E-state index is 10.4. The molecule has 12 heavy (non-hydrogen) atoms. The highest BCUT2D eigenvalue weighted by molar-refractivity contribution is 5.44. The van der Waals surface area contributed by atoms with E-state index in [4.69, 9.17) is 4.42 Å². The second-order valence-electron chi connectivity index (χ2n) is 2.26. The molecule has 64 valence electrons. The van der Waals surface area contributed by atoms with Gasteiger partial charge in [-0.3, -0.25) is 10.1 Å². The zero-order valence-corrected chi connectivity index (χ0v) is 6.69. The van der Waals surface area contributed by atoms with Gasteiger partial charge in [0.2, 0.25) is 5.70 Å². The fourth-order valence-electron chi connectivity index (χ4n) is 0.821. The third-order valence-electron chi connectivity index (χ3n) is 1.45. The standard InChI is InChI=1S/C8H9NO3/c1-2-7(9(10)11)6-8-4-3-5-12-8/h3-6H,2H2,1H3/b7-6-. The average molecular weight is 167 g/mol. The van der Waals surface area contributed by atoms with Gasteiger partial charge in [0.15, 0.2) is 0 Å². The molecule has 1 aromatic heterocycles. The van der Waals surface area contributed by atoms with Gasteiger partial charge in [-0.25, -0.2) is 0 Å². The number of allylic oxidation sites excluding steroid dienone is 1. The third kappa shape index (κ3) is 1.95. The van der Waals surface area contributed by atoms with Crippen molar-refractivity contribution in [1.82, 2.24) is 0 Å². The van der Waals surface area contributed by atoms with Crippen molar-refractivity contribution in [2.45, 2.75) is 13.3 Å². The molecule has 0 bridgehead atoms. The van der Waals surface area contributed by atoms with Crippen LogP contribution < -0.4 is 0 Å². The third-order valence-corrected chi connectivity index (χ3v) is 1.45. The number of hydrogen-bond donors (Lipinski definition) is 0. The Bertz CT molecular complexity index is 287. The van der Waals surface area contributed by atoms with E-state index in [2.05, 4.69) is 0 Å². The molecule has 1 aromatic rings. The fourth-order valence-corrected chi connectivity index (χ4v) is 0.821. The van der Waals surface area contributed by atoms with Crippen LogP contribution in [-0.4, -0.2) is 4.92 Å². The molecule has 0 N–H and O–H groups in total. The lowest BCUT2D eigenvalue weighted by Crippen LogP contribution is -1.95. The minimum absolute atomic E-state index is 0.157. The Morgan fingerprint density at radius 3 is 3.00 bits per heavy atom. The van der Waals surface area contributed by atoms with Gasteiger partial charge >= 0.3 is 0 Å². The van der Waals surface area contributed by atoms with E-state index in [9.17, 15) is 10.1 Å². The van der Waals surface area contributed by atoms with Crippen molar-refractivity contribution in [3.05, 3.63) is 40.0 Å². The first kappa shape index (κ1) is 8.52. The van der Waals surface area contributed by atoms with Gasteiger partial charge in [-0.15, -0.1) is 0 Å². The Labute approximate surface area is 69.6 Å². The molecular formula is C8H9NO3. The molecular weight excluding hydrogens is 158 g/mol. The van der Waals surface area contributed by atoms with Crippen LogP contribution in [0.5, 0.6) is 0 Å². The first-order valence-electron chi connectivity index (χ1n) is 3.62. The van der Waals surface area contributed by atoms with Crippen molar-refractivity contribution in [2.75, 3.05) is 0 Å². The summed E-state index contributed by atoms with van der Waals surface area (Å²) >= 11 is 0. The number of nitro groups is 1. The van der Waals surface area contributed by atoms with Crippen molar-refractivity contribution >= 4 is 6.08 Å². The fraction of sp³-hybridized carbons (Fsp3) is 0.250. The number of rotatable bonds is 3. The van der Waals surface area contributed by atoms with Gasteiger partial charge in [0, 0.05) is 6.42 Å². The highest BCUT2D eigenvalue weighted by Crippen LogP contribution is 2.10. The van der Waals surface area contributed by atoms with Crippen molar-refractivity contribution < 1.29 is 9.34 Å². The largest absolute Gasteiger partial charge is 0.465 e. The Morgan fingerprint density at radius 1 is 1.83 bits per heavy atom. The smallest absolute Gasteiger partial charge is 0.249 e. The van der Waals surface area contributed by atoms with E-state index < -0.39 is 4.92 Å². The summed E-state index contributed by atoms with van der Waals surface area (Å²) < 4.78 is 4.94. The maximum Gasteiger partial charge on any atom is 0.249 e. The predicted octanol–water partition coefficient (Wildman–Crippen LogP) is 2.31. The Hall–Kier alpha value is -1.58. The second kappa shape index (κ2) is 3.71. The normalized spacial score (nSPS) is 11.6. The Kier molecular flexibility index (Phi) is 2.63. The van der Waals surface area contributed by atoms with E-state index in [-0.39, 0.29) is 5.70 Å². The molecule has 0 radical (unpaired) electrons. The average Bonchev–Trinajstić information content (AvgIpc) is 2.51. The summed E-state index contributed by atoms with van der Waals surface area (Å²) in [7, 11) is 0. The maximum atomic E-state index is 10.4. The molecule has 0 aliphatic rings. The summed E-state index contributed by atoms with van der Waals surface area (Å²) in [6.45, 7) is 1.73. The molecule has 0 saturated heterocycles. The van der Waals surface area contributed by atoms with Crippen LogP contribution in [-0.2, 0) is 0 Å². The number of furan rings is 1. The molecule has 4 nitrogen and oxygen atoms in total. The van der Waals surface area contributed by atoms with Gasteiger partial charge in [-0.1, -0.05) is 6.92 Å². The highest BCUT2D eigenvalue weighted by atomic mass is 16.6. The summed E-state index contributed by atoms with van der Waals surface area (Å²) in [6, 6.07) is 3.37. The molecule has 0 aliphatic carbocycles. The lowest BCUT2D eigenvalue weighted by atomic mass is 10.3. The van der Waals surface area contributed by atoms with Crippen molar-refractivity contribution in [1.29, 1.82) is 0 Å². The van der Waals surface area contributed by atoms with E-state index in [1.54, 1.807) is 19.1 Å². The molecule has 0 atom stereocenters. The summed E-state index contributed by atoms with van der Waals surface area (Å²) in [6.07, 6.45) is 3.31. The second-order valence-corrected chi connectivity index (χ2v) is 2.26. The minimum atomic E-state index is -0.400. The molecule has 1 heterocycles. The summed E-state index contributed by atoms with van der Waals surface area (Å²) in [5.74, 6) is 0.517. The monoisotopic (exact) mass is 167 g/mol. The van der Waals surface area contributed by atoms with E-state index in [1.165, 1.54) is 12.3 Å². The van der Waals surface area contributed by atoms with E-state index in [1.807, 2.05) is 0 Å². The lowest BCUT2D eigenvalue weighted by Gasteiger charge is -1.90. The van der Waals surface area contributed by atoms with Crippen LogP contribution in [0.4, 0.5) is 0 Å². The van der Waals surface area contributed by atoms with E-state index in [0.29, 0.717) is 12.2 Å². The number of nitrogens with zero attached hydrogens (tertiary/aromatic N) is 1. The molecule has 0 unspecified atom stereocenters. The van der Waals surface area contributed by atoms with Crippen LogP contribution in [0.1, 0.15) is 19.1 Å². The van der Waals surface area contributed by atoms with Gasteiger partial charge in [-0.05, 0) is 12.1 Å². The van der Waals surface area contributed by atoms with Crippen LogP contribution in [0.2, 0.25) is 0 Å². The molecule has 0 saturated carbocycles. The zero-order valence-electron chi connectivity index (χ0n) is 6.69. The first-order chi connectivity index (χ1) is 5.74. The molecule has 0 spiro atoms. The van der Waals surface area contributed by atoms with Gasteiger partial charge in [-0.2, -0.15) is 0 Å². The molecule has 0 aliphatic heterocycles. The summed E-state index contributed by atoms with van der Waals surface area (Å²) in [5.41, 5.74) is 0.157. The van der Waals surface area contributed by atoms with Crippen LogP contribution in [0.3, 0.4) is 0 Å². The molecule has 0 aromatic carbocycles. The van der Waals surface area contributed by atoms with E-state index >= 15 is 0 Å². The van der Waals surface area contributed by atoms with Crippen LogP contribution in [0.25, 0.3) is 6.08 Å². The van der Waals surface area contributed by atoms with Crippen LogP contribution >= 0.6 is 0 Å². The lowest BCUT2D eigenvalue weighted by molar-refractivity contribution is -0.425. The first-order valence-corrected chi connectivity index (χ1v) is 3.62. The minimum Gasteiger partial charge on any atom is -0.465 e. The van der Waals surface area contributed by atoms with Gasteiger partial charge < -0.3 is 4.42 Å². The van der Waals surface area contributed by atoms with Crippen LogP contribution in [0.15, 0.2) is 28.5 Å². The molecule has 0 fully saturated rings. The quantitative estimate of drug-likeness (QED) is 0.512. The van der Waals surface area contributed by atoms with Gasteiger partial charge in [0.1, 0.15) is 5.76 Å². The van der Waals surface area contributed by atoms with E-state index in [0.717, 1.165) is 0 Å². The van der Waals surface area contributed by atoms with Crippen molar-refractivity contribution in [3.63, 3.8) is 0 Å². The predicted molar refractivity (Wildman–Crippen MR) is 44.0 cm³/mol. The molecule has 4 heteroatoms. The summed E-state index contributed by atoms with van der Waals surface area (Å²) in [4.78, 5) is 9.95. The number of hydrogen-bond acceptors (Lipinski definition) is 3. The Balaban J connectivity index is 2.85. The van der Waals surface area contributed by atoms with Gasteiger partial charge in [0.25, 0.3) is 0 Å².